The van der Waals surface area contributed by atoms with Crippen molar-refractivity contribution in [2.24, 2.45) is 4.99 Å². The van der Waals surface area contributed by atoms with Crippen molar-refractivity contribution in [3.63, 3.8) is 0 Å². The van der Waals surface area contributed by atoms with Crippen LogP contribution in [-0.4, -0.2) is 49.2 Å². The lowest BCUT2D eigenvalue weighted by Gasteiger charge is -2.37. The van der Waals surface area contributed by atoms with Gasteiger partial charge in [-0.3, -0.25) is 9.79 Å². The Morgan fingerprint density at radius 1 is 1.07 bits per heavy atom. The number of hydrogen-bond acceptors (Lipinski definition) is 3. The van der Waals surface area contributed by atoms with Crippen LogP contribution in [0.5, 0.6) is 0 Å². The Labute approximate surface area is 173 Å². The summed E-state index contributed by atoms with van der Waals surface area (Å²) in [5.74, 6) is -0.501. The van der Waals surface area contributed by atoms with E-state index in [1.807, 2.05) is 0 Å². The van der Waals surface area contributed by atoms with Gasteiger partial charge in [0.1, 0.15) is 12.4 Å². The maximum Gasteiger partial charge on any atom is 0.248 e. The molecule has 2 aromatic carbocycles. The molecule has 0 aromatic heterocycles. The highest BCUT2D eigenvalue weighted by molar-refractivity contribution is 6.43. The van der Waals surface area contributed by atoms with E-state index in [4.69, 9.17) is 23.2 Å². The molecule has 1 saturated heterocycles. The van der Waals surface area contributed by atoms with Gasteiger partial charge in [-0.25, -0.2) is 4.39 Å². The van der Waals surface area contributed by atoms with Crippen molar-refractivity contribution in [3.05, 3.63) is 63.4 Å². The van der Waals surface area contributed by atoms with Crippen molar-refractivity contribution in [2.75, 3.05) is 31.6 Å². The number of aliphatic imine (C=N–C) groups is 1. The minimum atomic E-state index is -0.390. The molecule has 0 aliphatic carbocycles. The average molecular weight is 420 g/mol. The standard InChI is InChI=1S/C21H20Cl2FN3O/c1-26-8-6-13(7-9-26)27-19-11-17(23)16(22)10-15(19)21(25-12-20(27)28)14-4-2-3-5-18(14)24/h2-5,10-11,13H,6-9,12H2,1H3. The van der Waals surface area contributed by atoms with Gasteiger partial charge in [-0.2, -0.15) is 0 Å². The fraction of sp³-hybridized carbons (Fsp3) is 0.333. The molecule has 0 N–H and O–H groups in total. The normalized spacial score (nSPS) is 18.6. The molecule has 0 saturated carbocycles. The second kappa shape index (κ2) is 7.82. The molecule has 0 spiro atoms. The number of amides is 1. The molecule has 0 bridgehead atoms. The summed E-state index contributed by atoms with van der Waals surface area (Å²) in [6, 6.07) is 9.87. The van der Waals surface area contributed by atoms with Gasteiger partial charge in [0, 0.05) is 17.2 Å². The van der Waals surface area contributed by atoms with E-state index in [1.54, 1.807) is 35.2 Å². The van der Waals surface area contributed by atoms with Gasteiger partial charge in [-0.15, -0.1) is 0 Å². The number of piperidine rings is 1. The summed E-state index contributed by atoms with van der Waals surface area (Å²) in [4.78, 5) is 21.6. The Balaban J connectivity index is 1.87. The Bertz CT molecular complexity index is 955. The highest BCUT2D eigenvalue weighted by Crippen LogP contribution is 2.37. The molecule has 1 amide bonds. The number of benzodiazepines with no additional fused rings is 1. The lowest BCUT2D eigenvalue weighted by atomic mass is 9.97. The highest BCUT2D eigenvalue weighted by Gasteiger charge is 2.33. The van der Waals surface area contributed by atoms with Gasteiger partial charge in [-0.05, 0) is 57.2 Å². The zero-order chi connectivity index (χ0) is 19.8. The van der Waals surface area contributed by atoms with Crippen LogP contribution in [0.25, 0.3) is 0 Å². The number of rotatable bonds is 2. The first-order valence-corrected chi connectivity index (χ1v) is 10.0. The largest absolute Gasteiger partial charge is 0.307 e. The van der Waals surface area contributed by atoms with Gasteiger partial charge in [0.2, 0.25) is 5.91 Å². The van der Waals surface area contributed by atoms with Crippen LogP contribution in [0.15, 0.2) is 41.4 Å². The number of nitrogens with zero attached hydrogens (tertiary/aromatic N) is 3. The summed E-state index contributed by atoms with van der Waals surface area (Å²) in [5.41, 5.74) is 2.05. The maximum absolute atomic E-state index is 14.5. The van der Waals surface area contributed by atoms with E-state index in [0.717, 1.165) is 25.9 Å². The molecule has 2 heterocycles. The number of benzene rings is 2. The van der Waals surface area contributed by atoms with Crippen LogP contribution in [0.1, 0.15) is 24.0 Å². The third-order valence-corrected chi connectivity index (χ3v) is 6.10. The Hall–Kier alpha value is -1.95. The van der Waals surface area contributed by atoms with Crippen molar-refractivity contribution in [1.29, 1.82) is 0 Å². The smallest absolute Gasteiger partial charge is 0.248 e. The van der Waals surface area contributed by atoms with Crippen LogP contribution in [0.2, 0.25) is 10.0 Å². The number of likely N-dealkylation sites (tertiary alicyclic amines) is 1. The van der Waals surface area contributed by atoms with Crippen LogP contribution in [0, 0.1) is 5.82 Å². The molecule has 0 unspecified atom stereocenters. The van der Waals surface area contributed by atoms with Gasteiger partial charge >= 0.3 is 0 Å². The molecule has 4 rings (SSSR count). The summed E-state index contributed by atoms with van der Waals surface area (Å²) < 4.78 is 14.5. The Kier molecular flexibility index (Phi) is 5.41. The summed E-state index contributed by atoms with van der Waals surface area (Å²) in [7, 11) is 2.07. The minimum absolute atomic E-state index is 0.0417. The molecular weight excluding hydrogens is 400 g/mol. The molecule has 28 heavy (non-hydrogen) atoms. The fourth-order valence-electron chi connectivity index (χ4n) is 3.90. The summed E-state index contributed by atoms with van der Waals surface area (Å²) in [5, 5.41) is 0.711. The van der Waals surface area contributed by atoms with Crippen LogP contribution in [0.4, 0.5) is 10.1 Å². The van der Waals surface area contributed by atoms with E-state index < -0.39 is 5.82 Å². The number of hydrogen-bond donors (Lipinski definition) is 0. The lowest BCUT2D eigenvalue weighted by molar-refractivity contribution is -0.117. The molecular formula is C21H20Cl2FN3O. The van der Waals surface area contributed by atoms with Crippen molar-refractivity contribution >= 4 is 40.5 Å². The fourth-order valence-corrected chi connectivity index (χ4v) is 4.23. The van der Waals surface area contributed by atoms with Crippen LogP contribution in [-0.2, 0) is 4.79 Å². The van der Waals surface area contributed by atoms with Gasteiger partial charge in [0.05, 0.1) is 21.4 Å². The number of fused-ring (bicyclic) bond motifs is 1. The summed E-state index contributed by atoms with van der Waals surface area (Å²) in [6.45, 7) is 1.78. The first kappa shape index (κ1) is 19.4. The summed E-state index contributed by atoms with van der Waals surface area (Å²) >= 11 is 12.6. The monoisotopic (exact) mass is 419 g/mol. The third kappa shape index (κ3) is 3.54. The highest BCUT2D eigenvalue weighted by atomic mass is 35.5. The molecule has 2 aliphatic heterocycles. The number of halogens is 3. The van der Waals surface area contributed by atoms with E-state index in [9.17, 15) is 9.18 Å². The van der Waals surface area contributed by atoms with E-state index >= 15 is 0 Å². The molecule has 4 nitrogen and oxygen atoms in total. The second-order valence-corrected chi connectivity index (χ2v) is 8.04. The predicted octanol–water partition coefficient (Wildman–Crippen LogP) is 4.41. The molecule has 0 radical (unpaired) electrons. The van der Waals surface area contributed by atoms with Crippen molar-refractivity contribution in [3.8, 4) is 0 Å². The molecule has 146 valence electrons. The van der Waals surface area contributed by atoms with E-state index in [0.29, 0.717) is 32.6 Å². The van der Waals surface area contributed by atoms with E-state index in [-0.39, 0.29) is 18.5 Å². The maximum atomic E-state index is 14.5. The molecule has 2 aliphatic rings. The topological polar surface area (TPSA) is 35.9 Å². The molecule has 7 heteroatoms. The van der Waals surface area contributed by atoms with Gasteiger partial charge in [-0.1, -0.05) is 35.3 Å². The molecule has 0 atom stereocenters. The van der Waals surface area contributed by atoms with E-state index in [1.165, 1.54) is 6.07 Å². The van der Waals surface area contributed by atoms with Crippen LogP contribution >= 0.6 is 23.2 Å². The summed E-state index contributed by atoms with van der Waals surface area (Å²) in [6.07, 6.45) is 1.72. The Morgan fingerprint density at radius 2 is 1.75 bits per heavy atom. The molecule has 2 aromatic rings. The zero-order valence-electron chi connectivity index (χ0n) is 15.5. The average Bonchev–Trinajstić information content (AvgIpc) is 2.80. The second-order valence-electron chi connectivity index (χ2n) is 7.23. The van der Waals surface area contributed by atoms with Gasteiger partial charge in [0.15, 0.2) is 0 Å². The van der Waals surface area contributed by atoms with Gasteiger partial charge in [0.25, 0.3) is 0 Å². The molecule has 1 fully saturated rings. The zero-order valence-corrected chi connectivity index (χ0v) is 17.0. The van der Waals surface area contributed by atoms with E-state index in [2.05, 4.69) is 16.9 Å². The minimum Gasteiger partial charge on any atom is -0.307 e. The number of carbonyl (C=O) groups is 1. The SMILES string of the molecule is CN1CCC(N2C(=O)CN=C(c3ccccc3F)c3cc(Cl)c(Cl)cc32)CC1. The van der Waals surface area contributed by atoms with Crippen molar-refractivity contribution in [2.45, 2.75) is 18.9 Å². The first-order chi connectivity index (χ1) is 13.5. The van der Waals surface area contributed by atoms with Crippen molar-refractivity contribution in [1.82, 2.24) is 4.90 Å². The number of carbonyl (C=O) groups excluding carboxylic acids is 1. The first-order valence-electron chi connectivity index (χ1n) is 9.25. The Morgan fingerprint density at radius 3 is 2.46 bits per heavy atom. The van der Waals surface area contributed by atoms with Gasteiger partial charge < -0.3 is 9.80 Å². The van der Waals surface area contributed by atoms with Crippen LogP contribution in [0.3, 0.4) is 0 Å². The third-order valence-electron chi connectivity index (χ3n) is 5.38. The quantitative estimate of drug-likeness (QED) is 0.722. The number of anilines is 1. The predicted molar refractivity (Wildman–Crippen MR) is 111 cm³/mol. The lowest BCUT2D eigenvalue weighted by Crippen LogP contribution is -2.47. The van der Waals surface area contributed by atoms with Crippen molar-refractivity contribution < 1.29 is 9.18 Å². The van der Waals surface area contributed by atoms with Crippen LogP contribution < -0.4 is 4.90 Å².